The largest absolute Gasteiger partial charge is 0.399 e. The van der Waals surface area contributed by atoms with Crippen LogP contribution < -0.4 is 5.73 Å². The molecule has 0 aliphatic heterocycles. The van der Waals surface area contributed by atoms with E-state index in [4.69, 9.17) is 5.73 Å². The number of hydrogen-bond donors (Lipinski definition) is 1. The molecule has 0 spiro atoms. The highest BCUT2D eigenvalue weighted by Gasteiger charge is 2.13. The smallest absolute Gasteiger partial charge is 0.253 e. The minimum absolute atomic E-state index is 0.164. The summed E-state index contributed by atoms with van der Waals surface area (Å²) in [5.74, 6) is -0.551. The maximum atomic E-state index is 13.2. The predicted molar refractivity (Wildman–Crippen MR) is 80.8 cm³/mol. The molecule has 3 nitrogen and oxygen atoms in total. The number of rotatable bonds is 3. The Balaban J connectivity index is 2.11. The van der Waals surface area contributed by atoms with E-state index in [0.717, 1.165) is 5.56 Å². The number of nitrogens with two attached hydrogens (primary N) is 1. The zero-order valence-corrected chi connectivity index (χ0v) is 12.5. The monoisotopic (exact) mass is 336 g/mol. The molecule has 5 heteroatoms. The molecule has 0 atom stereocenters. The van der Waals surface area contributed by atoms with E-state index in [-0.39, 0.29) is 16.2 Å². The van der Waals surface area contributed by atoms with E-state index in [9.17, 15) is 9.18 Å². The van der Waals surface area contributed by atoms with Gasteiger partial charge in [-0.25, -0.2) is 4.39 Å². The first-order valence-corrected chi connectivity index (χ1v) is 6.81. The summed E-state index contributed by atoms with van der Waals surface area (Å²) in [5.41, 5.74) is 7.73. The van der Waals surface area contributed by atoms with Crippen LogP contribution in [0.15, 0.2) is 46.9 Å². The Morgan fingerprint density at radius 2 is 1.90 bits per heavy atom. The Morgan fingerprint density at radius 3 is 2.50 bits per heavy atom. The summed E-state index contributed by atoms with van der Waals surface area (Å²) in [6.07, 6.45) is 0. The first kappa shape index (κ1) is 14.5. The maximum Gasteiger partial charge on any atom is 0.253 e. The molecule has 2 aromatic carbocycles. The Bertz CT molecular complexity index is 628. The number of anilines is 1. The second kappa shape index (κ2) is 6.05. The molecule has 0 bridgehead atoms. The van der Waals surface area contributed by atoms with Crippen LogP contribution >= 0.6 is 15.9 Å². The van der Waals surface area contributed by atoms with E-state index in [1.165, 1.54) is 18.2 Å². The number of benzene rings is 2. The van der Waals surface area contributed by atoms with Gasteiger partial charge in [0.15, 0.2) is 0 Å². The normalized spacial score (nSPS) is 10.3. The first-order valence-electron chi connectivity index (χ1n) is 6.02. The SMILES string of the molecule is CN(Cc1ccc(N)cc1)C(=O)c1ccc(F)c(Br)c1. The number of carbonyl (C=O) groups excluding carboxylic acids is 1. The van der Waals surface area contributed by atoms with E-state index < -0.39 is 0 Å². The molecule has 0 aromatic heterocycles. The van der Waals surface area contributed by atoms with Gasteiger partial charge in [0, 0.05) is 24.8 Å². The van der Waals surface area contributed by atoms with Crippen LogP contribution in [0.25, 0.3) is 0 Å². The minimum Gasteiger partial charge on any atom is -0.399 e. The lowest BCUT2D eigenvalue weighted by Gasteiger charge is -2.17. The molecule has 0 radical (unpaired) electrons. The predicted octanol–water partition coefficient (Wildman–Crippen LogP) is 3.44. The number of amides is 1. The van der Waals surface area contributed by atoms with Crippen molar-refractivity contribution >= 4 is 27.5 Å². The van der Waals surface area contributed by atoms with Crippen LogP contribution in [0.3, 0.4) is 0 Å². The van der Waals surface area contributed by atoms with Gasteiger partial charge in [0.25, 0.3) is 5.91 Å². The lowest BCUT2D eigenvalue weighted by atomic mass is 10.1. The van der Waals surface area contributed by atoms with Gasteiger partial charge in [0.05, 0.1) is 4.47 Å². The molecule has 2 rings (SSSR count). The van der Waals surface area contributed by atoms with E-state index >= 15 is 0 Å². The molecule has 0 saturated carbocycles. The summed E-state index contributed by atoms with van der Waals surface area (Å²) < 4.78 is 13.4. The van der Waals surface area contributed by atoms with Crippen LogP contribution in [0.1, 0.15) is 15.9 Å². The zero-order valence-electron chi connectivity index (χ0n) is 10.9. The molecule has 0 heterocycles. The van der Waals surface area contributed by atoms with Crippen molar-refractivity contribution in [3.8, 4) is 0 Å². The average molecular weight is 337 g/mol. The van der Waals surface area contributed by atoms with Crippen LogP contribution in [0.4, 0.5) is 10.1 Å². The fraction of sp³-hybridized carbons (Fsp3) is 0.133. The van der Waals surface area contributed by atoms with Gasteiger partial charge in [-0.2, -0.15) is 0 Å². The Kier molecular flexibility index (Phi) is 4.39. The third kappa shape index (κ3) is 3.36. The van der Waals surface area contributed by atoms with E-state index in [1.807, 2.05) is 12.1 Å². The Hall–Kier alpha value is -1.88. The third-order valence-corrected chi connectivity index (χ3v) is 3.52. The lowest BCUT2D eigenvalue weighted by Crippen LogP contribution is -2.26. The number of nitrogen functional groups attached to an aromatic ring is 1. The average Bonchev–Trinajstić information content (AvgIpc) is 2.43. The van der Waals surface area contributed by atoms with Crippen molar-refractivity contribution in [2.75, 3.05) is 12.8 Å². The molecule has 104 valence electrons. The van der Waals surface area contributed by atoms with Gasteiger partial charge in [-0.1, -0.05) is 12.1 Å². The molecule has 0 saturated heterocycles. The number of nitrogens with zero attached hydrogens (tertiary/aromatic N) is 1. The number of hydrogen-bond acceptors (Lipinski definition) is 2. The van der Waals surface area contributed by atoms with Crippen molar-refractivity contribution in [2.24, 2.45) is 0 Å². The first-order chi connectivity index (χ1) is 9.47. The number of carbonyl (C=O) groups is 1. The molecule has 0 aliphatic carbocycles. The van der Waals surface area contributed by atoms with Gasteiger partial charge < -0.3 is 10.6 Å². The highest BCUT2D eigenvalue weighted by atomic mass is 79.9. The van der Waals surface area contributed by atoms with Crippen LogP contribution in [-0.2, 0) is 6.54 Å². The van der Waals surface area contributed by atoms with Crippen LogP contribution in [-0.4, -0.2) is 17.9 Å². The Labute approximate surface area is 125 Å². The summed E-state index contributed by atoms with van der Waals surface area (Å²) >= 11 is 3.08. The van der Waals surface area contributed by atoms with Crippen molar-refractivity contribution in [3.63, 3.8) is 0 Å². The molecule has 20 heavy (non-hydrogen) atoms. The molecular formula is C15H14BrFN2O. The van der Waals surface area contributed by atoms with Gasteiger partial charge >= 0.3 is 0 Å². The summed E-state index contributed by atoms with van der Waals surface area (Å²) in [5, 5.41) is 0. The molecule has 1 amide bonds. The fourth-order valence-corrected chi connectivity index (χ4v) is 2.20. The molecule has 0 fully saturated rings. The van der Waals surface area contributed by atoms with Crippen molar-refractivity contribution in [1.82, 2.24) is 4.90 Å². The van der Waals surface area contributed by atoms with Crippen molar-refractivity contribution in [3.05, 3.63) is 63.9 Å². The fourth-order valence-electron chi connectivity index (χ4n) is 1.82. The highest BCUT2D eigenvalue weighted by Crippen LogP contribution is 2.18. The Morgan fingerprint density at radius 1 is 1.25 bits per heavy atom. The van der Waals surface area contributed by atoms with Crippen molar-refractivity contribution in [2.45, 2.75) is 6.54 Å². The summed E-state index contributed by atoms with van der Waals surface area (Å²) in [6.45, 7) is 0.466. The molecule has 2 aromatic rings. The summed E-state index contributed by atoms with van der Waals surface area (Å²) in [4.78, 5) is 13.8. The third-order valence-electron chi connectivity index (χ3n) is 2.91. The summed E-state index contributed by atoms with van der Waals surface area (Å²) in [7, 11) is 1.70. The van der Waals surface area contributed by atoms with E-state index in [1.54, 1.807) is 24.1 Å². The van der Waals surface area contributed by atoms with Crippen molar-refractivity contribution in [1.29, 1.82) is 0 Å². The topological polar surface area (TPSA) is 46.3 Å². The molecule has 0 unspecified atom stereocenters. The lowest BCUT2D eigenvalue weighted by molar-refractivity contribution is 0.0785. The van der Waals surface area contributed by atoms with Crippen molar-refractivity contribution < 1.29 is 9.18 Å². The van der Waals surface area contributed by atoms with E-state index in [0.29, 0.717) is 17.8 Å². The van der Waals surface area contributed by atoms with Gasteiger partial charge in [-0.15, -0.1) is 0 Å². The molecular weight excluding hydrogens is 323 g/mol. The van der Waals surface area contributed by atoms with Gasteiger partial charge in [0.1, 0.15) is 5.82 Å². The van der Waals surface area contributed by atoms with Gasteiger partial charge in [0.2, 0.25) is 0 Å². The quantitative estimate of drug-likeness (QED) is 0.872. The second-order valence-corrected chi connectivity index (χ2v) is 5.39. The molecule has 0 aliphatic rings. The maximum absolute atomic E-state index is 13.2. The minimum atomic E-state index is -0.386. The van der Waals surface area contributed by atoms with Crippen LogP contribution in [0, 0.1) is 5.82 Å². The standard InChI is InChI=1S/C15H14BrFN2O/c1-19(9-10-2-5-12(18)6-3-10)15(20)11-4-7-14(17)13(16)8-11/h2-8H,9,18H2,1H3. The summed E-state index contributed by atoms with van der Waals surface area (Å²) in [6, 6.07) is 11.6. The van der Waals surface area contributed by atoms with Crippen LogP contribution in [0.5, 0.6) is 0 Å². The zero-order chi connectivity index (χ0) is 14.7. The highest BCUT2D eigenvalue weighted by molar-refractivity contribution is 9.10. The molecule has 2 N–H and O–H groups in total. The number of halogens is 2. The van der Waals surface area contributed by atoms with Gasteiger partial charge in [-0.05, 0) is 51.8 Å². The van der Waals surface area contributed by atoms with Crippen LogP contribution in [0.2, 0.25) is 0 Å². The second-order valence-electron chi connectivity index (χ2n) is 4.53. The van der Waals surface area contributed by atoms with E-state index in [2.05, 4.69) is 15.9 Å². The van der Waals surface area contributed by atoms with Gasteiger partial charge in [-0.3, -0.25) is 4.79 Å².